The summed E-state index contributed by atoms with van der Waals surface area (Å²) in [5.41, 5.74) is 2.32. The zero-order valence-electron chi connectivity index (χ0n) is 9.49. The molecule has 1 unspecified atom stereocenters. The summed E-state index contributed by atoms with van der Waals surface area (Å²) in [5, 5.41) is 0. The maximum absolute atomic E-state index is 5.38. The van der Waals surface area contributed by atoms with Gasteiger partial charge in [0.05, 0.1) is 5.71 Å². The summed E-state index contributed by atoms with van der Waals surface area (Å²) in [5.74, 6) is -0.160. The van der Waals surface area contributed by atoms with Crippen LogP contribution >= 0.6 is 0 Å². The Bertz CT molecular complexity index is 338. The second-order valence-corrected chi connectivity index (χ2v) is 4.02. The van der Waals surface area contributed by atoms with E-state index in [4.69, 9.17) is 9.47 Å². The molecular formula is C12H17NO2. The van der Waals surface area contributed by atoms with Crippen LogP contribution in [0.3, 0.4) is 0 Å². The molecule has 82 valence electrons. The molecule has 0 saturated heterocycles. The summed E-state index contributed by atoms with van der Waals surface area (Å²) >= 11 is 0. The quantitative estimate of drug-likeness (QED) is 0.648. The van der Waals surface area contributed by atoms with E-state index in [1.165, 1.54) is 5.57 Å². The first-order chi connectivity index (χ1) is 7.21. The van der Waals surface area contributed by atoms with Crippen LogP contribution in [0.4, 0.5) is 0 Å². The third-order valence-electron chi connectivity index (χ3n) is 3.14. The van der Waals surface area contributed by atoms with Crippen molar-refractivity contribution < 1.29 is 9.47 Å². The number of methoxy groups -OCH3 is 2. The van der Waals surface area contributed by atoms with Gasteiger partial charge in [-0.2, -0.15) is 0 Å². The lowest BCUT2D eigenvalue weighted by Gasteiger charge is -2.32. The van der Waals surface area contributed by atoms with Gasteiger partial charge in [-0.25, -0.2) is 0 Å². The lowest BCUT2D eigenvalue weighted by atomic mass is 9.86. The minimum atomic E-state index is -0.694. The molecule has 0 aromatic rings. The van der Waals surface area contributed by atoms with Crippen LogP contribution in [0.1, 0.15) is 13.3 Å². The number of aliphatic imine (C=N–C) groups is 1. The second kappa shape index (κ2) is 3.91. The molecule has 0 fully saturated rings. The highest BCUT2D eigenvalue weighted by atomic mass is 16.7. The molecule has 2 aliphatic rings. The SMILES string of the molecule is COC1(OC)C=CC2=NCCC(C)C2=C1. The molecule has 0 radical (unpaired) electrons. The highest BCUT2D eigenvalue weighted by Crippen LogP contribution is 2.30. The molecule has 3 nitrogen and oxygen atoms in total. The average molecular weight is 207 g/mol. The van der Waals surface area contributed by atoms with Crippen molar-refractivity contribution in [2.75, 3.05) is 20.8 Å². The number of nitrogens with zero attached hydrogens (tertiary/aromatic N) is 1. The molecular weight excluding hydrogens is 190 g/mol. The Morgan fingerprint density at radius 2 is 2.13 bits per heavy atom. The van der Waals surface area contributed by atoms with Gasteiger partial charge in [-0.15, -0.1) is 0 Å². The first-order valence-corrected chi connectivity index (χ1v) is 5.28. The van der Waals surface area contributed by atoms with Crippen LogP contribution in [0.5, 0.6) is 0 Å². The Morgan fingerprint density at radius 1 is 1.40 bits per heavy atom. The van der Waals surface area contributed by atoms with Crippen molar-refractivity contribution in [3.8, 4) is 0 Å². The Morgan fingerprint density at radius 3 is 2.80 bits per heavy atom. The predicted octanol–water partition coefficient (Wildman–Crippen LogP) is 1.95. The van der Waals surface area contributed by atoms with E-state index in [1.54, 1.807) is 14.2 Å². The minimum Gasteiger partial charge on any atom is -0.346 e. The van der Waals surface area contributed by atoms with Crippen molar-refractivity contribution in [2.24, 2.45) is 10.9 Å². The molecule has 0 aromatic carbocycles. The highest BCUT2D eigenvalue weighted by molar-refractivity contribution is 6.10. The minimum absolute atomic E-state index is 0.534. The first-order valence-electron chi connectivity index (χ1n) is 5.28. The van der Waals surface area contributed by atoms with Gasteiger partial charge in [-0.05, 0) is 36.1 Å². The second-order valence-electron chi connectivity index (χ2n) is 4.02. The van der Waals surface area contributed by atoms with Crippen molar-refractivity contribution in [1.82, 2.24) is 0 Å². The van der Waals surface area contributed by atoms with E-state index in [9.17, 15) is 0 Å². The van der Waals surface area contributed by atoms with E-state index in [-0.39, 0.29) is 0 Å². The number of fused-ring (bicyclic) bond motifs is 1. The molecule has 1 aliphatic carbocycles. The molecule has 0 amide bonds. The molecule has 15 heavy (non-hydrogen) atoms. The zero-order valence-corrected chi connectivity index (χ0v) is 9.49. The number of hydrogen-bond donors (Lipinski definition) is 0. The van der Waals surface area contributed by atoms with Gasteiger partial charge in [0, 0.05) is 20.8 Å². The molecule has 2 rings (SSSR count). The van der Waals surface area contributed by atoms with Gasteiger partial charge in [0.15, 0.2) is 0 Å². The van der Waals surface area contributed by atoms with Crippen molar-refractivity contribution >= 4 is 5.71 Å². The lowest BCUT2D eigenvalue weighted by molar-refractivity contribution is -0.134. The number of rotatable bonds is 2. The maximum Gasteiger partial charge on any atom is 0.208 e. The topological polar surface area (TPSA) is 30.8 Å². The van der Waals surface area contributed by atoms with Crippen molar-refractivity contribution in [2.45, 2.75) is 19.1 Å². The largest absolute Gasteiger partial charge is 0.346 e. The van der Waals surface area contributed by atoms with E-state index in [0.29, 0.717) is 5.92 Å². The monoisotopic (exact) mass is 207 g/mol. The zero-order chi connectivity index (χ0) is 10.9. The third-order valence-corrected chi connectivity index (χ3v) is 3.14. The molecule has 1 aliphatic heterocycles. The van der Waals surface area contributed by atoms with Crippen LogP contribution in [0.25, 0.3) is 0 Å². The summed E-state index contributed by atoms with van der Waals surface area (Å²) in [6.45, 7) is 3.14. The Labute approximate surface area is 90.5 Å². The van der Waals surface area contributed by atoms with E-state index in [0.717, 1.165) is 18.7 Å². The van der Waals surface area contributed by atoms with E-state index in [2.05, 4.69) is 11.9 Å². The smallest absolute Gasteiger partial charge is 0.208 e. The molecule has 1 heterocycles. The maximum atomic E-state index is 5.38. The fourth-order valence-electron chi connectivity index (χ4n) is 2.04. The summed E-state index contributed by atoms with van der Waals surface area (Å²) in [6.07, 6.45) is 7.05. The van der Waals surface area contributed by atoms with Crippen molar-refractivity contribution in [3.63, 3.8) is 0 Å². The number of allylic oxidation sites excluding steroid dienone is 2. The van der Waals surface area contributed by atoms with E-state index >= 15 is 0 Å². The molecule has 0 bridgehead atoms. The van der Waals surface area contributed by atoms with Gasteiger partial charge in [0.1, 0.15) is 0 Å². The van der Waals surface area contributed by atoms with E-state index in [1.807, 2.05) is 18.2 Å². The van der Waals surface area contributed by atoms with Crippen LogP contribution in [-0.2, 0) is 9.47 Å². The standard InChI is InChI=1S/C12H17NO2/c1-9-5-7-13-11-4-6-12(14-2,15-3)8-10(9)11/h4,6,8-9H,5,7H2,1-3H3. The van der Waals surface area contributed by atoms with Crippen molar-refractivity contribution in [1.29, 1.82) is 0 Å². The molecule has 0 aromatic heterocycles. The van der Waals surface area contributed by atoms with Gasteiger partial charge in [-0.1, -0.05) is 6.92 Å². The average Bonchev–Trinajstić information content (AvgIpc) is 2.29. The van der Waals surface area contributed by atoms with Gasteiger partial charge in [0.25, 0.3) is 0 Å². The van der Waals surface area contributed by atoms with Crippen molar-refractivity contribution in [3.05, 3.63) is 23.8 Å². The molecule has 0 saturated carbocycles. The third kappa shape index (κ3) is 1.77. The van der Waals surface area contributed by atoms with Crippen LogP contribution < -0.4 is 0 Å². The van der Waals surface area contributed by atoms with Crippen LogP contribution in [0.15, 0.2) is 28.8 Å². The Hall–Kier alpha value is -0.930. The van der Waals surface area contributed by atoms with Gasteiger partial charge in [-0.3, -0.25) is 4.99 Å². The lowest BCUT2D eigenvalue weighted by Crippen LogP contribution is -2.34. The van der Waals surface area contributed by atoms with Gasteiger partial charge < -0.3 is 9.47 Å². The molecule has 0 spiro atoms. The summed E-state index contributed by atoms with van der Waals surface area (Å²) in [7, 11) is 3.31. The Kier molecular flexibility index (Phi) is 2.76. The highest BCUT2D eigenvalue weighted by Gasteiger charge is 2.31. The van der Waals surface area contributed by atoms with Gasteiger partial charge in [0.2, 0.25) is 5.79 Å². The van der Waals surface area contributed by atoms with Gasteiger partial charge >= 0.3 is 0 Å². The summed E-state index contributed by atoms with van der Waals surface area (Å²) in [6, 6.07) is 0. The van der Waals surface area contributed by atoms with Crippen LogP contribution in [0.2, 0.25) is 0 Å². The molecule has 3 heteroatoms. The fraction of sp³-hybridized carbons (Fsp3) is 0.583. The summed E-state index contributed by atoms with van der Waals surface area (Å²) in [4.78, 5) is 4.49. The van der Waals surface area contributed by atoms with Crippen LogP contribution in [0, 0.1) is 5.92 Å². The number of hydrogen-bond acceptors (Lipinski definition) is 3. The van der Waals surface area contributed by atoms with Crippen LogP contribution in [-0.4, -0.2) is 32.3 Å². The Balaban J connectivity index is 2.38. The predicted molar refractivity (Wildman–Crippen MR) is 60.1 cm³/mol. The summed E-state index contributed by atoms with van der Waals surface area (Å²) < 4.78 is 10.8. The first kappa shape index (κ1) is 10.6. The molecule has 1 atom stereocenters. The normalized spacial score (nSPS) is 28.1. The molecule has 0 N–H and O–H groups in total. The van der Waals surface area contributed by atoms with E-state index < -0.39 is 5.79 Å². The number of ether oxygens (including phenoxy) is 2. The fourth-order valence-corrected chi connectivity index (χ4v) is 2.04.